The largest absolute Gasteiger partial charge is 0.341 e. The van der Waals surface area contributed by atoms with Crippen LogP contribution in [0.4, 0.5) is 19.3 Å². The van der Waals surface area contributed by atoms with Crippen LogP contribution in [-0.2, 0) is 0 Å². The number of hydrogen-bond acceptors (Lipinski definition) is 2. The van der Waals surface area contributed by atoms with Gasteiger partial charge in [0.2, 0.25) is 0 Å². The van der Waals surface area contributed by atoms with Crippen molar-refractivity contribution in [2.75, 3.05) is 12.4 Å². The second-order valence-corrected chi connectivity index (χ2v) is 3.67. The normalized spacial score (nSPS) is 10.1. The summed E-state index contributed by atoms with van der Waals surface area (Å²) in [4.78, 5) is 11.4. The lowest BCUT2D eigenvalue weighted by atomic mass is 10.3. The van der Waals surface area contributed by atoms with Gasteiger partial charge in [0.05, 0.1) is 0 Å². The Balaban J connectivity index is 2.60. The molecule has 2 N–H and O–H groups in total. The Bertz CT molecular complexity index is 329. The molecule has 6 heteroatoms. The van der Waals surface area contributed by atoms with Crippen LogP contribution in [0, 0.1) is 0 Å². The second-order valence-electron chi connectivity index (χ2n) is 2.61. The van der Waals surface area contributed by atoms with E-state index in [9.17, 15) is 13.6 Å². The first-order valence-corrected chi connectivity index (χ1v) is 5.03. The molecule has 0 aliphatic heterocycles. The van der Waals surface area contributed by atoms with E-state index in [-0.39, 0.29) is 6.03 Å². The van der Waals surface area contributed by atoms with Crippen LogP contribution in [0.2, 0.25) is 0 Å². The summed E-state index contributed by atoms with van der Waals surface area (Å²) in [6.45, 7) is 0. The average Bonchev–Trinajstić information content (AvgIpc) is 2.20. The number of rotatable bonds is 3. The van der Waals surface area contributed by atoms with E-state index >= 15 is 0 Å². The van der Waals surface area contributed by atoms with E-state index in [4.69, 9.17) is 0 Å². The minimum atomic E-state index is -2.43. The van der Waals surface area contributed by atoms with Crippen LogP contribution < -0.4 is 10.6 Å². The molecule has 0 aliphatic carbocycles. The molecule has 2 amide bonds. The molecule has 82 valence electrons. The molecule has 0 fully saturated rings. The van der Waals surface area contributed by atoms with Gasteiger partial charge in [0.1, 0.15) is 0 Å². The van der Waals surface area contributed by atoms with Crippen molar-refractivity contribution in [3.63, 3.8) is 0 Å². The number of alkyl halides is 2. The van der Waals surface area contributed by atoms with Crippen LogP contribution in [-0.4, -0.2) is 18.8 Å². The lowest BCUT2D eigenvalue weighted by molar-refractivity contribution is 0.252. The molecule has 0 saturated heterocycles. The second kappa shape index (κ2) is 5.55. The first kappa shape index (κ1) is 11.8. The van der Waals surface area contributed by atoms with Crippen LogP contribution in [0.25, 0.3) is 0 Å². The van der Waals surface area contributed by atoms with Gasteiger partial charge in [-0.15, -0.1) is 0 Å². The Morgan fingerprint density at radius 2 is 1.93 bits per heavy atom. The van der Waals surface area contributed by atoms with Gasteiger partial charge >= 0.3 is 6.03 Å². The lowest BCUT2D eigenvalue weighted by Crippen LogP contribution is -2.24. The number of carbonyl (C=O) groups is 1. The maximum atomic E-state index is 12.0. The minimum absolute atomic E-state index is 0.343. The number of nitrogens with one attached hydrogen (secondary N) is 2. The van der Waals surface area contributed by atoms with Crippen molar-refractivity contribution < 1.29 is 13.6 Å². The summed E-state index contributed by atoms with van der Waals surface area (Å²) in [5, 5.41) is 4.91. The highest BCUT2D eigenvalue weighted by atomic mass is 32.2. The van der Waals surface area contributed by atoms with Gasteiger partial charge in [0.15, 0.2) is 0 Å². The molecule has 0 radical (unpaired) electrons. The van der Waals surface area contributed by atoms with Crippen LogP contribution in [0.5, 0.6) is 0 Å². The maximum Gasteiger partial charge on any atom is 0.318 e. The van der Waals surface area contributed by atoms with Crippen LogP contribution in [0.1, 0.15) is 0 Å². The van der Waals surface area contributed by atoms with Crippen molar-refractivity contribution >= 4 is 23.5 Å². The zero-order valence-corrected chi connectivity index (χ0v) is 8.78. The molecule has 1 aromatic carbocycles. The number of benzene rings is 1. The van der Waals surface area contributed by atoms with Gasteiger partial charge in [0.25, 0.3) is 5.76 Å². The number of amides is 2. The Hall–Kier alpha value is -1.30. The number of anilines is 1. The molecule has 0 unspecified atom stereocenters. The fourth-order valence-corrected chi connectivity index (χ4v) is 1.41. The molecule has 0 saturated carbocycles. The fraction of sp³-hybridized carbons (Fsp3) is 0.222. The van der Waals surface area contributed by atoms with E-state index in [0.29, 0.717) is 22.3 Å². The van der Waals surface area contributed by atoms with Gasteiger partial charge in [-0.1, -0.05) is 11.8 Å². The van der Waals surface area contributed by atoms with E-state index in [1.54, 1.807) is 12.1 Å². The van der Waals surface area contributed by atoms with Gasteiger partial charge in [-0.2, -0.15) is 8.78 Å². The molecule has 0 aromatic heterocycles. The highest BCUT2D eigenvalue weighted by Crippen LogP contribution is 2.25. The summed E-state index contributed by atoms with van der Waals surface area (Å²) in [6, 6.07) is 5.86. The molecule has 3 nitrogen and oxygen atoms in total. The Kier molecular flexibility index (Phi) is 4.36. The predicted octanol–water partition coefficient (Wildman–Crippen LogP) is 2.75. The number of halogens is 2. The van der Waals surface area contributed by atoms with Crippen molar-refractivity contribution in [2.45, 2.75) is 10.7 Å². The SMILES string of the molecule is CNC(=O)Nc1ccc(SC(F)F)cc1. The highest BCUT2D eigenvalue weighted by molar-refractivity contribution is 7.99. The Morgan fingerprint density at radius 1 is 1.33 bits per heavy atom. The quantitative estimate of drug-likeness (QED) is 0.787. The van der Waals surface area contributed by atoms with Gasteiger partial charge in [-0.3, -0.25) is 0 Å². The molecular formula is C9H10F2N2OS. The van der Waals surface area contributed by atoms with Crippen molar-refractivity contribution in [3.8, 4) is 0 Å². The van der Waals surface area contributed by atoms with E-state index in [1.807, 2.05) is 0 Å². The topological polar surface area (TPSA) is 41.1 Å². The molecule has 1 aromatic rings. The van der Waals surface area contributed by atoms with E-state index in [2.05, 4.69) is 10.6 Å². The van der Waals surface area contributed by atoms with Crippen molar-refractivity contribution in [1.82, 2.24) is 5.32 Å². The van der Waals surface area contributed by atoms with Gasteiger partial charge in [0, 0.05) is 17.6 Å². The summed E-state index contributed by atoms with van der Waals surface area (Å²) in [5.41, 5.74) is 0.563. The molecular weight excluding hydrogens is 222 g/mol. The summed E-state index contributed by atoms with van der Waals surface area (Å²) in [7, 11) is 1.50. The first-order chi connectivity index (χ1) is 7.11. The molecule has 0 spiro atoms. The van der Waals surface area contributed by atoms with E-state index in [1.165, 1.54) is 19.2 Å². The molecule has 0 aliphatic rings. The minimum Gasteiger partial charge on any atom is -0.341 e. The van der Waals surface area contributed by atoms with Crippen LogP contribution in [0.3, 0.4) is 0 Å². The zero-order valence-electron chi connectivity index (χ0n) is 7.96. The van der Waals surface area contributed by atoms with Gasteiger partial charge in [-0.25, -0.2) is 4.79 Å². The monoisotopic (exact) mass is 232 g/mol. The third kappa shape index (κ3) is 4.16. The zero-order chi connectivity index (χ0) is 11.3. The van der Waals surface area contributed by atoms with Crippen LogP contribution >= 0.6 is 11.8 Å². The number of thioether (sulfide) groups is 1. The van der Waals surface area contributed by atoms with Crippen LogP contribution in [0.15, 0.2) is 29.2 Å². The van der Waals surface area contributed by atoms with E-state index in [0.717, 1.165) is 0 Å². The third-order valence-corrected chi connectivity index (χ3v) is 2.29. The van der Waals surface area contributed by atoms with Crippen molar-refractivity contribution in [2.24, 2.45) is 0 Å². The molecule has 0 bridgehead atoms. The van der Waals surface area contributed by atoms with Gasteiger partial charge in [-0.05, 0) is 24.3 Å². The number of urea groups is 1. The third-order valence-electron chi connectivity index (χ3n) is 1.56. The lowest BCUT2D eigenvalue weighted by Gasteiger charge is -2.05. The summed E-state index contributed by atoms with van der Waals surface area (Å²) in [6.07, 6.45) is 0. The van der Waals surface area contributed by atoms with Crippen molar-refractivity contribution in [3.05, 3.63) is 24.3 Å². The summed E-state index contributed by atoms with van der Waals surface area (Å²) in [5.74, 6) is -2.43. The highest BCUT2D eigenvalue weighted by Gasteiger charge is 2.05. The number of carbonyl (C=O) groups excluding carboxylic acids is 1. The average molecular weight is 232 g/mol. The first-order valence-electron chi connectivity index (χ1n) is 4.15. The molecule has 0 atom stereocenters. The fourth-order valence-electron chi connectivity index (χ4n) is 0.913. The summed E-state index contributed by atoms with van der Waals surface area (Å²) < 4.78 is 23.9. The maximum absolute atomic E-state index is 12.0. The molecule has 0 heterocycles. The smallest absolute Gasteiger partial charge is 0.318 e. The standard InChI is InChI=1S/C9H10F2N2OS/c1-12-9(14)13-6-2-4-7(5-3-6)15-8(10)11/h2-5,8H,1H3,(H2,12,13,14). The predicted molar refractivity (Wildman–Crippen MR) is 56.4 cm³/mol. The summed E-state index contributed by atoms with van der Waals surface area (Å²) >= 11 is 0.470. The molecule has 1 rings (SSSR count). The Morgan fingerprint density at radius 3 is 2.40 bits per heavy atom. The van der Waals surface area contributed by atoms with Gasteiger partial charge < -0.3 is 10.6 Å². The van der Waals surface area contributed by atoms with Crippen molar-refractivity contribution in [1.29, 1.82) is 0 Å². The Labute approximate surface area is 90.2 Å². The van der Waals surface area contributed by atoms with E-state index < -0.39 is 5.76 Å². The molecule has 15 heavy (non-hydrogen) atoms. The number of hydrogen-bond donors (Lipinski definition) is 2.